The van der Waals surface area contributed by atoms with Gasteiger partial charge in [-0.2, -0.15) is 12.7 Å². The highest BCUT2D eigenvalue weighted by atomic mass is 35.5. The Labute approximate surface area is 242 Å². The summed E-state index contributed by atoms with van der Waals surface area (Å²) in [6.45, 7) is 4.93. The first kappa shape index (κ1) is 31.2. The van der Waals surface area contributed by atoms with E-state index in [9.17, 15) is 18.0 Å². The van der Waals surface area contributed by atoms with Gasteiger partial charge in [-0.25, -0.2) is 4.31 Å². The maximum atomic E-state index is 14.1. The van der Waals surface area contributed by atoms with Crippen LogP contribution in [0.5, 0.6) is 0 Å². The van der Waals surface area contributed by atoms with E-state index in [4.69, 9.17) is 23.2 Å². The average molecular weight is 598 g/mol. The minimum atomic E-state index is -4.05. The topological polar surface area (TPSA) is 90.0 Å². The Kier molecular flexibility index (Phi) is 10.7. The molecule has 0 spiro atoms. The van der Waals surface area contributed by atoms with Crippen LogP contribution in [0.3, 0.4) is 0 Å². The van der Waals surface area contributed by atoms with Crippen LogP contribution in [0.4, 0.5) is 5.69 Å². The van der Waals surface area contributed by atoms with E-state index in [-0.39, 0.29) is 18.5 Å². The number of nitrogens with zero attached hydrogens (tertiary/aromatic N) is 3. The van der Waals surface area contributed by atoms with E-state index < -0.39 is 28.7 Å². The molecule has 0 saturated heterocycles. The molecule has 2 aromatic rings. The molecular formula is C28H38Cl2N4O4S. The summed E-state index contributed by atoms with van der Waals surface area (Å²) in [5.74, 6) is -0.805. The van der Waals surface area contributed by atoms with Gasteiger partial charge >= 0.3 is 10.2 Å². The quantitative estimate of drug-likeness (QED) is 0.391. The number of anilines is 1. The largest absolute Gasteiger partial charge is 0.352 e. The molecule has 1 aliphatic carbocycles. The molecule has 0 unspecified atom stereocenters. The molecule has 1 saturated carbocycles. The molecule has 0 bridgehead atoms. The van der Waals surface area contributed by atoms with Gasteiger partial charge in [0.2, 0.25) is 11.8 Å². The molecular weight excluding hydrogens is 559 g/mol. The Hall–Kier alpha value is -2.33. The van der Waals surface area contributed by atoms with Crippen LogP contribution in [0.15, 0.2) is 36.4 Å². The van der Waals surface area contributed by atoms with Gasteiger partial charge in [0.1, 0.15) is 12.6 Å². The van der Waals surface area contributed by atoms with E-state index in [1.807, 2.05) is 26.0 Å². The highest BCUT2D eigenvalue weighted by Gasteiger charge is 2.35. The Morgan fingerprint density at radius 1 is 1.05 bits per heavy atom. The predicted molar refractivity (Wildman–Crippen MR) is 157 cm³/mol. The van der Waals surface area contributed by atoms with Gasteiger partial charge in [0.15, 0.2) is 0 Å². The van der Waals surface area contributed by atoms with Crippen LogP contribution in [-0.4, -0.2) is 62.2 Å². The molecule has 3 rings (SSSR count). The van der Waals surface area contributed by atoms with Crippen molar-refractivity contribution in [3.8, 4) is 0 Å². The van der Waals surface area contributed by atoms with Crippen LogP contribution in [0, 0.1) is 13.8 Å². The Morgan fingerprint density at radius 3 is 2.23 bits per heavy atom. The van der Waals surface area contributed by atoms with Crippen molar-refractivity contribution in [2.24, 2.45) is 0 Å². The zero-order valence-corrected chi connectivity index (χ0v) is 25.5. The number of carbonyl (C=O) groups excluding carboxylic acids is 2. The first-order chi connectivity index (χ1) is 18.4. The van der Waals surface area contributed by atoms with Gasteiger partial charge in [-0.05, 0) is 62.4 Å². The number of rotatable bonds is 11. The summed E-state index contributed by atoms with van der Waals surface area (Å²) in [5, 5.41) is 3.81. The average Bonchev–Trinajstić information content (AvgIpc) is 3.38. The van der Waals surface area contributed by atoms with Crippen molar-refractivity contribution in [3.05, 3.63) is 63.1 Å². The molecule has 2 aromatic carbocycles. The van der Waals surface area contributed by atoms with Crippen LogP contribution in [0.1, 0.15) is 55.7 Å². The number of aryl methyl sites for hydroxylation is 2. The summed E-state index contributed by atoms with van der Waals surface area (Å²) in [6.07, 6.45) is 4.22. The maximum absolute atomic E-state index is 14.1. The second-order valence-corrected chi connectivity index (χ2v) is 13.1. The fourth-order valence-electron chi connectivity index (χ4n) is 4.83. The molecule has 1 fully saturated rings. The van der Waals surface area contributed by atoms with Gasteiger partial charge in [-0.1, -0.05) is 61.2 Å². The van der Waals surface area contributed by atoms with Gasteiger partial charge in [0.25, 0.3) is 0 Å². The number of carbonyl (C=O) groups is 2. The lowest BCUT2D eigenvalue weighted by atomic mass is 10.1. The smallest absolute Gasteiger partial charge is 0.304 e. The third-order valence-corrected chi connectivity index (χ3v) is 9.64. The van der Waals surface area contributed by atoms with Crippen molar-refractivity contribution < 1.29 is 18.0 Å². The second kappa shape index (κ2) is 13.4. The number of benzene rings is 2. The molecule has 1 aliphatic rings. The maximum Gasteiger partial charge on any atom is 0.304 e. The van der Waals surface area contributed by atoms with Crippen molar-refractivity contribution in [3.63, 3.8) is 0 Å². The number of halogens is 2. The third kappa shape index (κ3) is 7.45. The first-order valence-electron chi connectivity index (χ1n) is 13.2. The summed E-state index contributed by atoms with van der Waals surface area (Å²) >= 11 is 12.9. The van der Waals surface area contributed by atoms with Crippen LogP contribution in [-0.2, 0) is 26.3 Å². The lowest BCUT2D eigenvalue weighted by molar-refractivity contribution is -0.140. The monoisotopic (exact) mass is 596 g/mol. The van der Waals surface area contributed by atoms with Gasteiger partial charge in [-0.3, -0.25) is 9.59 Å². The van der Waals surface area contributed by atoms with Crippen LogP contribution in [0.25, 0.3) is 0 Å². The highest BCUT2D eigenvalue weighted by Crippen LogP contribution is 2.29. The van der Waals surface area contributed by atoms with Crippen molar-refractivity contribution >= 4 is 50.9 Å². The van der Waals surface area contributed by atoms with E-state index in [1.54, 1.807) is 31.2 Å². The van der Waals surface area contributed by atoms with E-state index in [0.29, 0.717) is 33.3 Å². The number of hydrogen-bond donors (Lipinski definition) is 1. The predicted octanol–water partition coefficient (Wildman–Crippen LogP) is 5.09. The first-order valence-corrected chi connectivity index (χ1v) is 15.3. The van der Waals surface area contributed by atoms with Crippen molar-refractivity contribution in [1.29, 1.82) is 0 Å². The van der Waals surface area contributed by atoms with E-state index in [0.717, 1.165) is 39.9 Å². The standard InChI is InChI=1S/C28H38Cl2N4O4S/c1-6-25(28(36)31-21-10-7-8-11-21)33(17-22-23(29)12-9-13-24(22)30)27(35)18-34(39(37,38)32(4)5)26-16-19(2)14-15-20(26)3/h9,12-16,21,25H,6-8,10-11,17-18H2,1-5H3,(H,31,36)/t25-/m0/s1. The summed E-state index contributed by atoms with van der Waals surface area (Å²) in [5.41, 5.74) is 2.45. The SMILES string of the molecule is CC[C@@H](C(=O)NC1CCCC1)N(Cc1c(Cl)cccc1Cl)C(=O)CN(c1cc(C)ccc1C)S(=O)(=O)N(C)C. The normalized spacial score (nSPS) is 14.9. The molecule has 0 aromatic heterocycles. The van der Waals surface area contributed by atoms with Crippen LogP contribution < -0.4 is 9.62 Å². The lowest BCUT2D eigenvalue weighted by Gasteiger charge is -2.35. The zero-order valence-electron chi connectivity index (χ0n) is 23.2. The molecule has 11 heteroatoms. The summed E-state index contributed by atoms with van der Waals surface area (Å²) in [6, 6.07) is 9.71. The Balaban J connectivity index is 2.05. The minimum Gasteiger partial charge on any atom is -0.352 e. The van der Waals surface area contributed by atoms with Crippen LogP contribution >= 0.6 is 23.2 Å². The zero-order chi connectivity index (χ0) is 28.9. The van der Waals surface area contributed by atoms with E-state index in [1.165, 1.54) is 19.0 Å². The van der Waals surface area contributed by atoms with Gasteiger partial charge in [0.05, 0.1) is 5.69 Å². The minimum absolute atomic E-state index is 0.0451. The molecule has 0 aliphatic heterocycles. The molecule has 1 atom stereocenters. The Bertz CT molecular complexity index is 1280. The van der Waals surface area contributed by atoms with E-state index in [2.05, 4.69) is 5.32 Å². The molecule has 39 heavy (non-hydrogen) atoms. The molecule has 0 radical (unpaired) electrons. The van der Waals surface area contributed by atoms with Crippen molar-refractivity contribution in [2.45, 2.75) is 71.5 Å². The molecule has 0 heterocycles. The molecule has 1 N–H and O–H groups in total. The molecule has 8 nitrogen and oxygen atoms in total. The van der Waals surface area contributed by atoms with Crippen molar-refractivity contribution in [2.75, 3.05) is 24.9 Å². The number of amides is 2. The van der Waals surface area contributed by atoms with Crippen LogP contribution in [0.2, 0.25) is 10.0 Å². The Morgan fingerprint density at radius 2 is 1.67 bits per heavy atom. The summed E-state index contributed by atoms with van der Waals surface area (Å²) < 4.78 is 29.1. The number of nitrogens with one attached hydrogen (secondary N) is 1. The lowest BCUT2D eigenvalue weighted by Crippen LogP contribution is -2.54. The second-order valence-electron chi connectivity index (χ2n) is 10.2. The summed E-state index contributed by atoms with van der Waals surface area (Å²) in [7, 11) is -1.21. The van der Waals surface area contributed by atoms with E-state index >= 15 is 0 Å². The van der Waals surface area contributed by atoms with Gasteiger partial charge in [-0.15, -0.1) is 0 Å². The van der Waals surface area contributed by atoms with Gasteiger partial charge in [0, 0.05) is 42.3 Å². The fraction of sp³-hybridized carbons (Fsp3) is 0.500. The fourth-order valence-corrected chi connectivity index (χ4v) is 6.46. The third-order valence-electron chi connectivity index (χ3n) is 7.13. The molecule has 214 valence electrons. The highest BCUT2D eigenvalue weighted by molar-refractivity contribution is 7.90. The summed E-state index contributed by atoms with van der Waals surface area (Å²) in [4.78, 5) is 29.0. The van der Waals surface area contributed by atoms with Gasteiger partial charge < -0.3 is 10.2 Å². The van der Waals surface area contributed by atoms with Crippen molar-refractivity contribution in [1.82, 2.24) is 14.5 Å². The number of hydrogen-bond acceptors (Lipinski definition) is 4. The molecule has 2 amide bonds.